The first-order valence-corrected chi connectivity index (χ1v) is 5.33. The van der Waals surface area contributed by atoms with E-state index in [-0.39, 0.29) is 16.6 Å². The summed E-state index contributed by atoms with van der Waals surface area (Å²) in [5.74, 6) is 0. The van der Waals surface area contributed by atoms with E-state index in [1.54, 1.807) is 6.07 Å². The van der Waals surface area contributed by atoms with Crippen molar-refractivity contribution in [3.8, 4) is 6.07 Å². The Morgan fingerprint density at radius 2 is 2.31 bits per heavy atom. The molecule has 0 saturated carbocycles. The summed E-state index contributed by atoms with van der Waals surface area (Å²) in [6.07, 6.45) is 1.44. The highest BCUT2D eigenvalue weighted by Crippen LogP contribution is 2.21. The van der Waals surface area contributed by atoms with Crippen molar-refractivity contribution in [2.24, 2.45) is 0 Å². The molecule has 4 nitrogen and oxygen atoms in total. The van der Waals surface area contributed by atoms with Gasteiger partial charge >= 0.3 is 0 Å². The van der Waals surface area contributed by atoms with Gasteiger partial charge in [-0.3, -0.25) is 10.1 Å². The van der Waals surface area contributed by atoms with Gasteiger partial charge in [0, 0.05) is 11.4 Å². The fraction of sp³-hybridized carbons (Fsp3) is 0.364. The van der Waals surface area contributed by atoms with Gasteiger partial charge in [-0.05, 0) is 24.5 Å². The number of nitriles is 1. The van der Waals surface area contributed by atoms with Crippen LogP contribution in [-0.2, 0) is 6.42 Å². The lowest BCUT2D eigenvalue weighted by Crippen LogP contribution is -2.02. The van der Waals surface area contributed by atoms with E-state index < -0.39 is 4.92 Å². The smallest absolute Gasteiger partial charge is 0.258 e. The second-order valence-corrected chi connectivity index (χ2v) is 4.05. The Balaban J connectivity index is 3.01. The van der Waals surface area contributed by atoms with Crippen molar-refractivity contribution < 1.29 is 4.92 Å². The summed E-state index contributed by atoms with van der Waals surface area (Å²) in [6, 6.07) is 6.35. The maximum Gasteiger partial charge on any atom is 0.287 e. The Labute approximate surface area is 98.6 Å². The molecule has 0 radical (unpaired) electrons. The van der Waals surface area contributed by atoms with Gasteiger partial charge in [-0.1, -0.05) is 13.0 Å². The van der Waals surface area contributed by atoms with Gasteiger partial charge in [0.2, 0.25) is 0 Å². The van der Waals surface area contributed by atoms with Crippen LogP contribution in [0.15, 0.2) is 18.2 Å². The maximum absolute atomic E-state index is 10.6. The highest BCUT2D eigenvalue weighted by molar-refractivity contribution is 6.20. The van der Waals surface area contributed by atoms with Gasteiger partial charge in [0.05, 0.1) is 4.92 Å². The third-order valence-corrected chi connectivity index (χ3v) is 2.74. The van der Waals surface area contributed by atoms with Gasteiger partial charge in [-0.2, -0.15) is 5.26 Å². The van der Waals surface area contributed by atoms with E-state index in [0.29, 0.717) is 6.42 Å². The summed E-state index contributed by atoms with van der Waals surface area (Å²) in [4.78, 5) is 10.0. The van der Waals surface area contributed by atoms with Crippen LogP contribution in [0, 0.1) is 21.4 Å². The predicted octanol–water partition coefficient (Wildman–Crippen LogP) is 3.03. The van der Waals surface area contributed by atoms with Crippen LogP contribution in [0.5, 0.6) is 0 Å². The third-order valence-electron chi connectivity index (χ3n) is 2.28. The highest BCUT2D eigenvalue weighted by atomic mass is 35.5. The van der Waals surface area contributed by atoms with Crippen LogP contribution in [0.3, 0.4) is 0 Å². The van der Waals surface area contributed by atoms with Crippen LogP contribution < -0.4 is 0 Å². The number of alkyl halides is 1. The van der Waals surface area contributed by atoms with Gasteiger partial charge in [0.15, 0.2) is 0 Å². The SMILES string of the molecule is CCC(Cl)Cc1ccc([N+](=O)[O-])c(C#N)c1. The summed E-state index contributed by atoms with van der Waals surface area (Å²) < 4.78 is 0. The molecule has 16 heavy (non-hydrogen) atoms. The van der Waals surface area contributed by atoms with E-state index in [1.165, 1.54) is 12.1 Å². The molecule has 84 valence electrons. The van der Waals surface area contributed by atoms with E-state index in [1.807, 2.05) is 13.0 Å². The first-order chi connectivity index (χ1) is 7.58. The van der Waals surface area contributed by atoms with Crippen LogP contribution in [-0.4, -0.2) is 10.3 Å². The lowest BCUT2D eigenvalue weighted by atomic mass is 10.0. The summed E-state index contributed by atoms with van der Waals surface area (Å²) in [5, 5.41) is 19.4. The number of halogens is 1. The molecule has 1 atom stereocenters. The van der Waals surface area contributed by atoms with Crippen LogP contribution >= 0.6 is 11.6 Å². The Morgan fingerprint density at radius 3 is 2.81 bits per heavy atom. The lowest BCUT2D eigenvalue weighted by molar-refractivity contribution is -0.385. The molecular formula is C11H11ClN2O2. The summed E-state index contributed by atoms with van der Waals surface area (Å²) >= 11 is 5.98. The van der Waals surface area contributed by atoms with E-state index >= 15 is 0 Å². The van der Waals surface area contributed by atoms with Crippen molar-refractivity contribution in [1.29, 1.82) is 5.26 Å². The summed E-state index contributed by atoms with van der Waals surface area (Å²) in [5.41, 5.74) is 0.778. The standard InChI is InChI=1S/C11H11ClN2O2/c1-2-10(12)6-8-3-4-11(14(15)16)9(5-8)7-13/h3-5,10H,2,6H2,1H3. The second-order valence-electron chi connectivity index (χ2n) is 3.43. The largest absolute Gasteiger partial charge is 0.287 e. The van der Waals surface area contributed by atoms with Crippen molar-refractivity contribution in [3.63, 3.8) is 0 Å². The monoisotopic (exact) mass is 238 g/mol. The molecule has 0 N–H and O–H groups in total. The zero-order valence-corrected chi connectivity index (χ0v) is 9.57. The predicted molar refractivity (Wildman–Crippen MR) is 61.4 cm³/mol. The van der Waals surface area contributed by atoms with Crippen molar-refractivity contribution in [3.05, 3.63) is 39.4 Å². The molecule has 0 saturated heterocycles. The molecule has 0 aromatic heterocycles. The number of hydrogen-bond donors (Lipinski definition) is 0. The zero-order chi connectivity index (χ0) is 12.1. The molecule has 0 heterocycles. The van der Waals surface area contributed by atoms with E-state index in [4.69, 9.17) is 16.9 Å². The summed E-state index contributed by atoms with van der Waals surface area (Å²) in [6.45, 7) is 1.97. The Kier molecular flexibility index (Phi) is 4.27. The van der Waals surface area contributed by atoms with Crippen LogP contribution in [0.25, 0.3) is 0 Å². The van der Waals surface area contributed by atoms with Crippen molar-refractivity contribution >= 4 is 17.3 Å². The quantitative estimate of drug-likeness (QED) is 0.460. The molecule has 0 bridgehead atoms. The lowest BCUT2D eigenvalue weighted by Gasteiger charge is -2.06. The van der Waals surface area contributed by atoms with Gasteiger partial charge in [0.1, 0.15) is 11.6 Å². The average molecular weight is 239 g/mol. The molecule has 0 aliphatic rings. The fourth-order valence-corrected chi connectivity index (χ4v) is 1.54. The number of rotatable bonds is 4. The molecule has 0 amide bonds. The molecule has 1 rings (SSSR count). The second kappa shape index (κ2) is 5.47. The number of nitro benzene ring substituents is 1. The number of nitro groups is 1. The summed E-state index contributed by atoms with van der Waals surface area (Å²) in [7, 11) is 0. The van der Waals surface area contributed by atoms with E-state index in [2.05, 4.69) is 0 Å². The normalized spacial score (nSPS) is 11.8. The van der Waals surface area contributed by atoms with Crippen LogP contribution in [0.1, 0.15) is 24.5 Å². The molecule has 0 aliphatic carbocycles. The molecule has 0 fully saturated rings. The Bertz CT molecular complexity index is 440. The first kappa shape index (κ1) is 12.5. The van der Waals surface area contributed by atoms with E-state index in [9.17, 15) is 10.1 Å². The molecule has 5 heteroatoms. The number of nitrogens with zero attached hydrogens (tertiary/aromatic N) is 2. The minimum Gasteiger partial charge on any atom is -0.258 e. The van der Waals surface area contributed by atoms with Crippen LogP contribution in [0.4, 0.5) is 5.69 Å². The molecule has 1 aromatic rings. The maximum atomic E-state index is 10.6. The third kappa shape index (κ3) is 2.94. The van der Waals surface area contributed by atoms with Gasteiger partial charge in [-0.25, -0.2) is 0 Å². The van der Waals surface area contributed by atoms with Crippen molar-refractivity contribution in [2.45, 2.75) is 25.1 Å². The van der Waals surface area contributed by atoms with Gasteiger partial charge in [-0.15, -0.1) is 11.6 Å². The molecule has 0 aliphatic heterocycles. The minimum absolute atomic E-state index is 0.00648. The molecule has 0 spiro atoms. The fourth-order valence-electron chi connectivity index (χ4n) is 1.36. The molecular weight excluding hydrogens is 228 g/mol. The van der Waals surface area contributed by atoms with Crippen LogP contribution in [0.2, 0.25) is 0 Å². The topological polar surface area (TPSA) is 66.9 Å². The van der Waals surface area contributed by atoms with E-state index in [0.717, 1.165) is 12.0 Å². The van der Waals surface area contributed by atoms with Crippen molar-refractivity contribution in [2.75, 3.05) is 0 Å². The Hall–Kier alpha value is -1.60. The minimum atomic E-state index is -0.555. The zero-order valence-electron chi connectivity index (χ0n) is 8.81. The van der Waals surface area contributed by atoms with Gasteiger partial charge < -0.3 is 0 Å². The molecule has 1 aromatic carbocycles. The highest BCUT2D eigenvalue weighted by Gasteiger charge is 2.14. The first-order valence-electron chi connectivity index (χ1n) is 4.90. The number of benzene rings is 1. The number of hydrogen-bond acceptors (Lipinski definition) is 3. The van der Waals surface area contributed by atoms with Crippen molar-refractivity contribution in [1.82, 2.24) is 0 Å². The average Bonchev–Trinajstić information content (AvgIpc) is 2.28. The Morgan fingerprint density at radius 1 is 1.62 bits per heavy atom. The van der Waals surface area contributed by atoms with Gasteiger partial charge in [0.25, 0.3) is 5.69 Å². The molecule has 1 unspecified atom stereocenters.